The average molecular weight is 1230 g/mol. The van der Waals surface area contributed by atoms with Crippen LogP contribution in [0.3, 0.4) is 0 Å². The predicted octanol–water partition coefficient (Wildman–Crippen LogP) is 8.52. The van der Waals surface area contributed by atoms with E-state index in [1.165, 1.54) is 66.1 Å². The second kappa shape index (κ2) is 46.3. The summed E-state index contributed by atoms with van der Waals surface area (Å²) in [5.74, 6) is -2.08. The zero-order valence-corrected chi connectivity index (χ0v) is 54.6. The lowest BCUT2D eigenvalue weighted by molar-refractivity contribution is -0.147. The minimum atomic E-state index is -0.499. The number of carbonyl (C=O) groups is 7. The van der Waals surface area contributed by atoms with Gasteiger partial charge in [-0.3, -0.25) is 38.6 Å². The van der Waals surface area contributed by atoms with Crippen molar-refractivity contribution in [2.75, 3.05) is 125 Å². The van der Waals surface area contributed by atoms with Gasteiger partial charge in [0, 0.05) is 65.4 Å². The van der Waals surface area contributed by atoms with Gasteiger partial charge in [-0.25, -0.2) is 0 Å². The maximum Gasteiger partial charge on any atom is 0.243 e. The summed E-state index contributed by atoms with van der Waals surface area (Å²) in [5, 5.41) is 0. The first-order chi connectivity index (χ1) is 43.4. The fourth-order valence-corrected chi connectivity index (χ4v) is 11.0. The molecule has 17 nitrogen and oxygen atoms in total. The number of nitrogens with two attached hydrogens (primary N) is 2. The third kappa shape index (κ3) is 32.0. The van der Waals surface area contributed by atoms with E-state index < -0.39 is 24.3 Å². The van der Waals surface area contributed by atoms with Crippen molar-refractivity contribution >= 4 is 41.7 Å². The molecule has 4 N–H and O–H groups in total. The molecule has 0 aliphatic rings. The van der Waals surface area contributed by atoms with Crippen LogP contribution in [0, 0.1) is 0 Å². The van der Waals surface area contributed by atoms with Crippen LogP contribution in [-0.4, -0.2) is 206 Å². The van der Waals surface area contributed by atoms with E-state index in [1.807, 2.05) is 138 Å². The van der Waals surface area contributed by atoms with Crippen molar-refractivity contribution < 1.29 is 33.6 Å². The predicted molar refractivity (Wildman–Crippen MR) is 359 cm³/mol. The molecule has 0 fully saturated rings. The van der Waals surface area contributed by atoms with Crippen LogP contribution in [0.1, 0.15) is 139 Å². The molecule has 0 saturated heterocycles. The van der Waals surface area contributed by atoms with Crippen LogP contribution in [0.25, 0.3) is 0 Å². The molecule has 0 heterocycles. The Bertz CT molecular complexity index is 2560. The molecule has 6 amide bonds. The number of amides is 6. The second-order valence-corrected chi connectivity index (χ2v) is 23.8. The van der Waals surface area contributed by atoms with Crippen LogP contribution in [0.5, 0.6) is 0 Å². The molecule has 17 heteroatoms. The van der Waals surface area contributed by atoms with Crippen molar-refractivity contribution in [3.63, 3.8) is 0 Å². The van der Waals surface area contributed by atoms with E-state index in [0.29, 0.717) is 58.4 Å². The van der Waals surface area contributed by atoms with Crippen molar-refractivity contribution in [2.45, 2.75) is 142 Å². The van der Waals surface area contributed by atoms with Crippen molar-refractivity contribution in [1.29, 1.82) is 0 Å². The fraction of sp³-hybridized carbons (Fsp3) is 0.569. The summed E-state index contributed by atoms with van der Waals surface area (Å²) < 4.78 is 0. The first kappa shape index (κ1) is 74.7. The molecular weight excluding hydrogens is 1120 g/mol. The largest absolute Gasteiger partial charge is 0.335 e. The number of rotatable bonds is 50. The van der Waals surface area contributed by atoms with Crippen LogP contribution >= 0.6 is 0 Å². The van der Waals surface area contributed by atoms with E-state index >= 15 is 9.59 Å². The van der Waals surface area contributed by atoms with Gasteiger partial charge in [0.2, 0.25) is 35.4 Å². The van der Waals surface area contributed by atoms with Gasteiger partial charge < -0.3 is 45.7 Å². The van der Waals surface area contributed by atoms with E-state index in [2.05, 4.69) is 13.8 Å². The minimum absolute atomic E-state index is 0.00452. The van der Waals surface area contributed by atoms with Crippen molar-refractivity contribution in [1.82, 2.24) is 39.2 Å². The summed E-state index contributed by atoms with van der Waals surface area (Å²) in [6.07, 6.45) is 20.5. The molecule has 0 aliphatic carbocycles. The topological polar surface area (TPSA) is 197 Å². The number of hydrogen-bond donors (Lipinski definition) is 2. The first-order valence-corrected chi connectivity index (χ1v) is 33.4. The highest BCUT2D eigenvalue weighted by Gasteiger charge is 2.30. The molecule has 0 radical (unpaired) electrons. The molecule has 4 aromatic rings. The second-order valence-electron chi connectivity index (χ2n) is 23.8. The zero-order chi connectivity index (χ0) is 64.1. The Kier molecular flexibility index (Phi) is 38.9. The molecule has 0 spiro atoms. The van der Waals surface area contributed by atoms with Gasteiger partial charge in [0.05, 0.1) is 52.5 Å². The summed E-state index contributed by atoms with van der Waals surface area (Å²) in [6, 6.07) is 39.1. The molecule has 4 aromatic carbocycles. The molecule has 490 valence electrons. The zero-order valence-electron chi connectivity index (χ0n) is 54.6. The molecule has 0 saturated carbocycles. The van der Waals surface area contributed by atoms with E-state index in [0.717, 1.165) is 79.9 Å². The van der Waals surface area contributed by atoms with Gasteiger partial charge in [-0.2, -0.15) is 0 Å². The maximum absolute atomic E-state index is 15.2. The molecule has 89 heavy (non-hydrogen) atoms. The molecule has 0 aromatic heterocycles. The highest BCUT2D eigenvalue weighted by Crippen LogP contribution is 2.15. The summed E-state index contributed by atoms with van der Waals surface area (Å²) in [6.45, 7) is 6.17. The Morgan fingerprint density at radius 1 is 0.337 bits per heavy atom. The van der Waals surface area contributed by atoms with Crippen LogP contribution in [0.2, 0.25) is 0 Å². The maximum atomic E-state index is 15.2. The smallest absolute Gasteiger partial charge is 0.243 e. The Balaban J connectivity index is 1.63. The van der Waals surface area contributed by atoms with Crippen molar-refractivity contribution in [3.8, 4) is 0 Å². The number of carbonyl (C=O) groups excluding carboxylic acids is 7. The lowest BCUT2D eigenvalue weighted by Crippen LogP contribution is -2.53. The quantitative estimate of drug-likeness (QED) is 0.0244. The van der Waals surface area contributed by atoms with Crippen LogP contribution in [-0.2, 0) is 59.2 Å². The monoisotopic (exact) mass is 1230 g/mol. The van der Waals surface area contributed by atoms with E-state index in [9.17, 15) is 24.0 Å². The number of nitrogens with zero attached hydrogens (tertiary/aromatic N) is 8. The van der Waals surface area contributed by atoms with Crippen LogP contribution in [0.15, 0.2) is 121 Å². The summed E-state index contributed by atoms with van der Waals surface area (Å²) >= 11 is 0. The van der Waals surface area contributed by atoms with Gasteiger partial charge in [0.25, 0.3) is 0 Å². The standard InChI is InChI=1S/C72H110N10O7/c1-4-6-8-10-12-14-16-30-46-76(57-68(85)77(54-55-83)47-31-17-15-13-11-9-7-5-2)62-82(51-43-66-38-28-21-29-39-66)72(89)61-80(50-42-65-36-26-20-27-37-65)70(87)60-81(53-45-74)71(88)59-79(49-41-64-34-24-19-25-35-64)69(86)58-78(67(84)56-75(3)52-44-73)48-40-63-32-22-18-23-33-63/h18-29,32-39,55H,4-17,30-31,40-54,56-62,73-74H2,1-3H3. The number of hydrogen-bond acceptors (Lipinski definition) is 11. The highest BCUT2D eigenvalue weighted by atomic mass is 16.2. The molecule has 0 aliphatic heterocycles. The first-order valence-electron chi connectivity index (χ1n) is 33.4. The molecule has 0 atom stereocenters. The SMILES string of the molecule is CCCCCCCCCCN(CC(=O)N(CC=O)CCCCCCCCCC)CN(CCc1ccccc1)C(=O)CN(CCc1ccccc1)C(=O)CN(CCN)C(=O)CN(CCc1ccccc1)C(=O)CN(CCc1ccccc1)C(=O)CN(C)CCN. The van der Waals surface area contributed by atoms with Gasteiger partial charge in [-0.1, -0.05) is 225 Å². The van der Waals surface area contributed by atoms with Crippen LogP contribution in [0.4, 0.5) is 0 Å². The molecule has 0 unspecified atom stereocenters. The lowest BCUT2D eigenvalue weighted by atomic mass is 10.1. The van der Waals surface area contributed by atoms with Crippen molar-refractivity contribution in [2.24, 2.45) is 11.5 Å². The van der Waals surface area contributed by atoms with Gasteiger partial charge in [0.1, 0.15) is 6.29 Å². The Hall–Kier alpha value is -6.79. The van der Waals surface area contributed by atoms with Gasteiger partial charge in [0.15, 0.2) is 0 Å². The summed E-state index contributed by atoms with van der Waals surface area (Å²) in [7, 11) is 1.81. The Morgan fingerprint density at radius 2 is 0.640 bits per heavy atom. The fourth-order valence-electron chi connectivity index (χ4n) is 11.0. The van der Waals surface area contributed by atoms with Gasteiger partial charge >= 0.3 is 0 Å². The normalized spacial score (nSPS) is 11.2. The number of likely N-dealkylation sites (N-methyl/N-ethyl adjacent to an activating group) is 1. The van der Waals surface area contributed by atoms with Gasteiger partial charge in [-0.15, -0.1) is 0 Å². The van der Waals surface area contributed by atoms with Gasteiger partial charge in [-0.05, 0) is 67.8 Å². The van der Waals surface area contributed by atoms with E-state index in [-0.39, 0.29) is 96.4 Å². The number of benzene rings is 4. The Morgan fingerprint density at radius 3 is 1.00 bits per heavy atom. The molecule has 0 bridgehead atoms. The average Bonchev–Trinajstić information content (AvgIpc) is 3.03. The summed E-state index contributed by atoms with van der Waals surface area (Å²) in [5.41, 5.74) is 16.0. The highest BCUT2D eigenvalue weighted by molar-refractivity contribution is 5.91. The Labute approximate surface area is 534 Å². The molecule has 4 rings (SSSR count). The number of unbranched alkanes of at least 4 members (excludes halogenated alkanes) is 14. The molecular formula is C72H110N10O7. The summed E-state index contributed by atoms with van der Waals surface area (Å²) in [4.78, 5) is 113. The van der Waals surface area contributed by atoms with E-state index in [4.69, 9.17) is 11.5 Å². The third-order valence-electron chi connectivity index (χ3n) is 16.4. The third-order valence-corrected chi connectivity index (χ3v) is 16.4. The van der Waals surface area contributed by atoms with Crippen molar-refractivity contribution in [3.05, 3.63) is 144 Å². The van der Waals surface area contributed by atoms with Crippen LogP contribution < -0.4 is 11.5 Å². The minimum Gasteiger partial charge on any atom is -0.335 e. The van der Waals surface area contributed by atoms with E-state index in [1.54, 1.807) is 14.7 Å². The lowest BCUT2D eigenvalue weighted by Gasteiger charge is -2.34. The number of aldehydes is 1.